The highest BCUT2D eigenvalue weighted by Crippen LogP contribution is 2.44. The van der Waals surface area contributed by atoms with Crippen LogP contribution in [0.1, 0.15) is 27.6 Å². The van der Waals surface area contributed by atoms with Gasteiger partial charge in [-0.05, 0) is 35.9 Å². The molecule has 7 heteroatoms. The zero-order valence-corrected chi connectivity index (χ0v) is 16.4. The zero-order valence-electron chi connectivity index (χ0n) is 16.4. The molecule has 2 aromatic carbocycles. The Balaban J connectivity index is 1.70. The molecule has 0 aliphatic carbocycles. The number of carbonyl (C=O) groups is 1. The molecule has 7 nitrogen and oxygen atoms in total. The van der Waals surface area contributed by atoms with Gasteiger partial charge in [0.05, 0.1) is 12.2 Å². The van der Waals surface area contributed by atoms with Gasteiger partial charge in [0.15, 0.2) is 0 Å². The van der Waals surface area contributed by atoms with Crippen LogP contribution in [0.15, 0.2) is 89.4 Å². The van der Waals surface area contributed by atoms with Gasteiger partial charge in [-0.1, -0.05) is 30.9 Å². The van der Waals surface area contributed by atoms with Gasteiger partial charge in [-0.3, -0.25) is 0 Å². The maximum absolute atomic E-state index is 12.2. The van der Waals surface area contributed by atoms with Crippen molar-refractivity contribution in [3.8, 4) is 23.3 Å². The number of esters is 1. The number of benzene rings is 2. The zero-order chi connectivity index (χ0) is 21.8. The van der Waals surface area contributed by atoms with E-state index in [1.807, 2.05) is 24.3 Å². The molecule has 4 rings (SSSR count). The molecule has 1 aliphatic rings. The van der Waals surface area contributed by atoms with E-state index in [4.69, 9.17) is 24.4 Å². The second-order valence-electron chi connectivity index (χ2n) is 6.66. The first-order valence-corrected chi connectivity index (χ1v) is 9.41. The summed E-state index contributed by atoms with van der Waals surface area (Å²) in [7, 11) is 0. The fourth-order valence-electron chi connectivity index (χ4n) is 3.33. The molecular weight excluding hydrogens is 396 g/mol. The molecule has 1 aliphatic heterocycles. The molecule has 2 N–H and O–H groups in total. The number of rotatable bonds is 6. The first-order valence-electron chi connectivity index (χ1n) is 9.41. The highest BCUT2D eigenvalue weighted by Gasteiger charge is 2.31. The lowest BCUT2D eigenvalue weighted by Gasteiger charge is -2.27. The summed E-state index contributed by atoms with van der Waals surface area (Å²) in [6.45, 7) is 4.01. The maximum atomic E-state index is 12.2. The quantitative estimate of drug-likeness (QED) is 0.364. The Morgan fingerprint density at radius 3 is 2.81 bits per heavy atom. The highest BCUT2D eigenvalue weighted by molar-refractivity contribution is 5.88. The van der Waals surface area contributed by atoms with E-state index in [0.29, 0.717) is 23.7 Å². The summed E-state index contributed by atoms with van der Waals surface area (Å²) in [6.07, 6.45) is 3.04. The second kappa shape index (κ2) is 8.51. The van der Waals surface area contributed by atoms with E-state index < -0.39 is 11.9 Å². The smallest absolute Gasteiger partial charge is 0.379 e. The molecule has 1 aromatic heterocycles. The summed E-state index contributed by atoms with van der Waals surface area (Å²) < 4.78 is 21.7. The van der Waals surface area contributed by atoms with E-state index in [2.05, 4.69) is 12.6 Å². The third-order valence-corrected chi connectivity index (χ3v) is 4.68. The Morgan fingerprint density at radius 1 is 1.19 bits per heavy atom. The highest BCUT2D eigenvalue weighted by atomic mass is 16.5. The first kappa shape index (κ1) is 19.9. The number of nitrogens with two attached hydrogens (primary N) is 1. The molecule has 154 valence electrons. The van der Waals surface area contributed by atoms with E-state index in [1.54, 1.807) is 30.3 Å². The molecule has 3 aromatic rings. The number of hydrogen-bond donors (Lipinski definition) is 1. The molecule has 1 atom stereocenters. The van der Waals surface area contributed by atoms with Crippen LogP contribution in [0.4, 0.5) is 0 Å². The third kappa shape index (κ3) is 4.00. The Hall–Kier alpha value is -4.44. The van der Waals surface area contributed by atoms with Gasteiger partial charge in [0.1, 0.15) is 35.5 Å². The second-order valence-corrected chi connectivity index (χ2v) is 6.66. The van der Waals surface area contributed by atoms with Crippen molar-refractivity contribution in [2.45, 2.75) is 5.92 Å². The number of hydrogen-bond acceptors (Lipinski definition) is 7. The maximum Gasteiger partial charge on any atom is 0.379 e. The molecule has 0 saturated heterocycles. The van der Waals surface area contributed by atoms with Gasteiger partial charge < -0.3 is 24.4 Å². The first-order chi connectivity index (χ1) is 15.1. The van der Waals surface area contributed by atoms with Crippen molar-refractivity contribution in [2.75, 3.05) is 6.61 Å². The monoisotopic (exact) mass is 414 g/mol. The predicted molar refractivity (Wildman–Crippen MR) is 112 cm³/mol. The van der Waals surface area contributed by atoms with E-state index >= 15 is 0 Å². The van der Waals surface area contributed by atoms with E-state index in [1.165, 1.54) is 12.3 Å². The molecule has 31 heavy (non-hydrogen) atoms. The largest absolute Gasteiger partial charge is 0.490 e. The summed E-state index contributed by atoms with van der Waals surface area (Å²) in [5.41, 5.74) is 7.86. The number of ether oxygens (including phenoxy) is 3. The minimum Gasteiger partial charge on any atom is -0.490 e. The summed E-state index contributed by atoms with van der Waals surface area (Å²) in [5.74, 6) is 0.275. The lowest BCUT2D eigenvalue weighted by atomic mass is 9.83. The van der Waals surface area contributed by atoms with Crippen LogP contribution in [0.25, 0.3) is 0 Å². The van der Waals surface area contributed by atoms with Gasteiger partial charge in [0.25, 0.3) is 0 Å². The van der Waals surface area contributed by atoms with Crippen molar-refractivity contribution < 1.29 is 23.4 Å². The van der Waals surface area contributed by atoms with Crippen LogP contribution in [0.2, 0.25) is 0 Å². The minimum absolute atomic E-state index is 0.00748. The van der Waals surface area contributed by atoms with Gasteiger partial charge in [0, 0.05) is 11.6 Å². The average molecular weight is 414 g/mol. The van der Waals surface area contributed by atoms with Gasteiger partial charge in [0.2, 0.25) is 11.6 Å². The van der Waals surface area contributed by atoms with Crippen LogP contribution >= 0.6 is 0 Å². The van der Waals surface area contributed by atoms with Crippen molar-refractivity contribution >= 4 is 5.97 Å². The molecule has 0 saturated carbocycles. The molecule has 0 bridgehead atoms. The van der Waals surface area contributed by atoms with Crippen LogP contribution in [0, 0.1) is 11.3 Å². The molecule has 0 radical (unpaired) electrons. The molecule has 0 fully saturated rings. The van der Waals surface area contributed by atoms with Crippen molar-refractivity contribution in [3.63, 3.8) is 0 Å². The SMILES string of the molecule is C=CCOc1cccc(C2C(C#N)=C(N)Oc3cc(OC(=O)c4ccco4)ccc32)c1. The predicted octanol–water partition coefficient (Wildman–Crippen LogP) is 4.28. The Morgan fingerprint density at radius 2 is 2.06 bits per heavy atom. The van der Waals surface area contributed by atoms with Crippen molar-refractivity contribution in [1.82, 2.24) is 0 Å². The standard InChI is InChI=1S/C24H18N2O5/c1-2-10-28-16-6-3-5-15(12-16)22-18-9-8-17(30-24(27)20-7-4-11-29-20)13-21(18)31-23(26)19(22)14-25/h2-9,11-13,22H,1,10,26H2. The van der Waals surface area contributed by atoms with Crippen LogP contribution in [-0.2, 0) is 0 Å². The number of furan rings is 1. The number of carbonyl (C=O) groups excluding carboxylic acids is 1. The van der Waals surface area contributed by atoms with Crippen LogP contribution in [0.5, 0.6) is 17.2 Å². The molecule has 1 unspecified atom stereocenters. The van der Waals surface area contributed by atoms with Crippen LogP contribution < -0.4 is 19.9 Å². The van der Waals surface area contributed by atoms with Crippen molar-refractivity contribution in [1.29, 1.82) is 5.26 Å². The fraction of sp³-hybridized carbons (Fsp3) is 0.0833. The number of fused-ring (bicyclic) bond motifs is 1. The summed E-state index contributed by atoms with van der Waals surface area (Å²) in [4.78, 5) is 12.2. The minimum atomic E-state index is -0.634. The van der Waals surface area contributed by atoms with E-state index in [-0.39, 0.29) is 23.0 Å². The Bertz CT molecular complexity index is 1200. The van der Waals surface area contributed by atoms with Gasteiger partial charge >= 0.3 is 5.97 Å². The lowest BCUT2D eigenvalue weighted by Crippen LogP contribution is -2.21. The lowest BCUT2D eigenvalue weighted by molar-refractivity contribution is 0.0701. The summed E-state index contributed by atoms with van der Waals surface area (Å²) >= 11 is 0. The van der Waals surface area contributed by atoms with Gasteiger partial charge in [-0.25, -0.2) is 4.79 Å². The van der Waals surface area contributed by atoms with Crippen LogP contribution in [0.3, 0.4) is 0 Å². The average Bonchev–Trinajstić information content (AvgIpc) is 3.32. The van der Waals surface area contributed by atoms with Crippen molar-refractivity contribution in [3.05, 3.63) is 102 Å². The Labute approximate surface area is 178 Å². The molecule has 0 amide bonds. The van der Waals surface area contributed by atoms with Gasteiger partial charge in [-0.15, -0.1) is 0 Å². The van der Waals surface area contributed by atoms with E-state index in [9.17, 15) is 10.1 Å². The topological polar surface area (TPSA) is 108 Å². The molecular formula is C24H18N2O5. The van der Waals surface area contributed by atoms with Crippen molar-refractivity contribution in [2.24, 2.45) is 5.73 Å². The summed E-state index contributed by atoms with van der Waals surface area (Å²) in [5, 5.41) is 9.72. The fourth-order valence-corrected chi connectivity index (χ4v) is 3.33. The third-order valence-electron chi connectivity index (χ3n) is 4.68. The Kier molecular flexibility index (Phi) is 5.45. The number of nitrogens with zero attached hydrogens (tertiary/aromatic N) is 1. The van der Waals surface area contributed by atoms with Crippen LogP contribution in [-0.4, -0.2) is 12.6 Å². The molecule has 0 spiro atoms. The molecule has 2 heterocycles. The normalized spacial score (nSPS) is 14.7. The number of allylic oxidation sites excluding steroid dienone is 1. The van der Waals surface area contributed by atoms with E-state index in [0.717, 1.165) is 5.56 Å². The number of nitriles is 1. The summed E-state index contributed by atoms with van der Waals surface area (Å²) in [6, 6.07) is 17.6. The van der Waals surface area contributed by atoms with Gasteiger partial charge in [-0.2, -0.15) is 5.26 Å².